The van der Waals surface area contributed by atoms with Gasteiger partial charge in [-0.3, -0.25) is 8.98 Å². The maximum Gasteiger partial charge on any atom is 0.290 e. The van der Waals surface area contributed by atoms with E-state index in [9.17, 15) is 13.2 Å². The first kappa shape index (κ1) is 15.1. The lowest BCUT2D eigenvalue weighted by atomic mass is 9.99. The highest BCUT2D eigenvalue weighted by Gasteiger charge is 2.15. The summed E-state index contributed by atoms with van der Waals surface area (Å²) in [7, 11) is -3.66. The average molecular weight is 246 g/mol. The SMILES string of the molecule is CC(=O)/C=C\C=C/S(=O)(=O)OCC(C)(C)C. The van der Waals surface area contributed by atoms with Crippen molar-refractivity contribution in [2.24, 2.45) is 5.41 Å². The van der Waals surface area contributed by atoms with Gasteiger partial charge in [-0.1, -0.05) is 26.8 Å². The van der Waals surface area contributed by atoms with Gasteiger partial charge in [0.25, 0.3) is 10.1 Å². The van der Waals surface area contributed by atoms with Crippen molar-refractivity contribution in [3.05, 3.63) is 23.6 Å². The highest BCUT2D eigenvalue weighted by molar-refractivity contribution is 7.89. The zero-order valence-corrected chi connectivity index (χ0v) is 10.9. The fraction of sp³-hybridized carbons (Fsp3) is 0.545. The van der Waals surface area contributed by atoms with Crippen molar-refractivity contribution < 1.29 is 17.4 Å². The van der Waals surface area contributed by atoms with Crippen molar-refractivity contribution in [1.82, 2.24) is 0 Å². The Hall–Kier alpha value is -0.940. The number of ketones is 1. The fourth-order valence-corrected chi connectivity index (χ4v) is 1.51. The second-order valence-electron chi connectivity index (χ2n) is 4.61. The minimum absolute atomic E-state index is 0.121. The summed E-state index contributed by atoms with van der Waals surface area (Å²) in [6.45, 7) is 7.14. The third kappa shape index (κ3) is 9.61. The van der Waals surface area contributed by atoms with E-state index in [1.54, 1.807) is 0 Å². The molecule has 0 fully saturated rings. The number of carbonyl (C=O) groups is 1. The summed E-state index contributed by atoms with van der Waals surface area (Å²) in [4.78, 5) is 10.5. The van der Waals surface area contributed by atoms with Crippen molar-refractivity contribution in [2.45, 2.75) is 27.7 Å². The predicted molar refractivity (Wildman–Crippen MR) is 63.3 cm³/mol. The number of hydrogen-bond donors (Lipinski definition) is 0. The first-order chi connectivity index (χ1) is 7.12. The van der Waals surface area contributed by atoms with Crippen LogP contribution in [-0.4, -0.2) is 20.8 Å². The minimum Gasteiger partial charge on any atom is -0.295 e. The van der Waals surface area contributed by atoms with Gasteiger partial charge in [-0.2, -0.15) is 8.42 Å². The molecule has 0 unspecified atom stereocenters. The van der Waals surface area contributed by atoms with Gasteiger partial charge in [0.1, 0.15) is 0 Å². The van der Waals surface area contributed by atoms with Gasteiger partial charge in [0, 0.05) is 0 Å². The number of carbonyl (C=O) groups excluding carboxylic acids is 1. The van der Waals surface area contributed by atoms with Gasteiger partial charge in [-0.25, -0.2) is 0 Å². The highest BCUT2D eigenvalue weighted by Crippen LogP contribution is 2.14. The molecule has 0 bridgehead atoms. The molecule has 0 saturated carbocycles. The third-order valence-corrected chi connectivity index (χ3v) is 2.28. The van der Waals surface area contributed by atoms with Gasteiger partial charge >= 0.3 is 0 Å². The van der Waals surface area contributed by atoms with Crippen LogP contribution in [-0.2, 0) is 19.1 Å². The van der Waals surface area contributed by atoms with Crippen LogP contribution in [0.1, 0.15) is 27.7 Å². The van der Waals surface area contributed by atoms with Crippen LogP contribution >= 0.6 is 0 Å². The Morgan fingerprint density at radius 2 is 1.81 bits per heavy atom. The molecule has 0 saturated heterocycles. The van der Waals surface area contributed by atoms with E-state index in [1.807, 2.05) is 20.8 Å². The average Bonchev–Trinajstić information content (AvgIpc) is 2.08. The minimum atomic E-state index is -3.66. The molecule has 0 aromatic rings. The third-order valence-electron chi connectivity index (χ3n) is 1.34. The van der Waals surface area contributed by atoms with Crippen LogP contribution < -0.4 is 0 Å². The first-order valence-electron chi connectivity index (χ1n) is 4.87. The summed E-state index contributed by atoms with van der Waals surface area (Å²) in [5.74, 6) is -0.141. The van der Waals surface area contributed by atoms with Crippen molar-refractivity contribution in [1.29, 1.82) is 0 Å². The maximum atomic E-state index is 11.3. The normalized spacial score (nSPS) is 13.8. The van der Waals surface area contributed by atoms with Gasteiger partial charge in [-0.05, 0) is 24.5 Å². The van der Waals surface area contributed by atoms with E-state index in [0.29, 0.717) is 0 Å². The molecule has 92 valence electrons. The van der Waals surface area contributed by atoms with Crippen molar-refractivity contribution in [3.63, 3.8) is 0 Å². The fourth-order valence-electron chi connectivity index (χ4n) is 0.631. The summed E-state index contributed by atoms with van der Waals surface area (Å²) in [6.07, 6.45) is 3.90. The van der Waals surface area contributed by atoms with E-state index >= 15 is 0 Å². The molecule has 0 radical (unpaired) electrons. The smallest absolute Gasteiger partial charge is 0.290 e. The predicted octanol–water partition coefficient (Wildman–Crippen LogP) is 2.04. The van der Waals surface area contributed by atoms with Crippen LogP contribution in [0, 0.1) is 5.41 Å². The molecule has 0 spiro atoms. The van der Waals surface area contributed by atoms with E-state index in [4.69, 9.17) is 4.18 Å². The molecule has 16 heavy (non-hydrogen) atoms. The lowest BCUT2D eigenvalue weighted by molar-refractivity contribution is -0.112. The summed E-state index contributed by atoms with van der Waals surface area (Å²) in [5.41, 5.74) is -0.212. The molecular weight excluding hydrogens is 228 g/mol. The monoisotopic (exact) mass is 246 g/mol. The van der Waals surface area contributed by atoms with E-state index in [-0.39, 0.29) is 17.8 Å². The van der Waals surface area contributed by atoms with Gasteiger partial charge in [0.15, 0.2) is 5.78 Å². The van der Waals surface area contributed by atoms with Crippen LogP contribution in [0.2, 0.25) is 0 Å². The number of rotatable bonds is 5. The molecular formula is C11H18O4S. The highest BCUT2D eigenvalue weighted by atomic mass is 32.2. The summed E-state index contributed by atoms with van der Waals surface area (Å²) >= 11 is 0. The Labute approximate surface area is 97.1 Å². The molecule has 5 heteroatoms. The standard InChI is InChI=1S/C11H18O4S/c1-10(12)7-5-6-8-16(13,14)15-9-11(2,3)4/h5-8H,9H2,1-4H3/b7-5-,8-6-. The molecule has 0 atom stereocenters. The lowest BCUT2D eigenvalue weighted by Gasteiger charge is -2.16. The molecule has 0 aromatic carbocycles. The van der Waals surface area contributed by atoms with Crippen LogP contribution in [0.25, 0.3) is 0 Å². The zero-order chi connectivity index (χ0) is 12.8. The summed E-state index contributed by atoms with van der Waals surface area (Å²) in [6, 6.07) is 0. The molecule has 4 nitrogen and oxygen atoms in total. The molecule has 0 aliphatic carbocycles. The van der Waals surface area contributed by atoms with E-state index < -0.39 is 10.1 Å². The quantitative estimate of drug-likeness (QED) is 0.423. The molecule has 0 N–H and O–H groups in total. The van der Waals surface area contributed by atoms with Crippen molar-refractivity contribution in [3.8, 4) is 0 Å². The Balaban J connectivity index is 4.31. The molecule has 0 amide bonds. The lowest BCUT2D eigenvalue weighted by Crippen LogP contribution is -2.17. The molecule has 0 aromatic heterocycles. The zero-order valence-electron chi connectivity index (χ0n) is 10.1. The number of allylic oxidation sites excluding steroid dienone is 3. The van der Waals surface area contributed by atoms with Crippen LogP contribution in [0.3, 0.4) is 0 Å². The summed E-state index contributed by atoms with van der Waals surface area (Å²) < 4.78 is 27.4. The second kappa shape index (κ2) is 5.96. The van der Waals surface area contributed by atoms with Gasteiger partial charge in [-0.15, -0.1) is 0 Å². The van der Waals surface area contributed by atoms with Gasteiger partial charge < -0.3 is 0 Å². The second-order valence-corrected chi connectivity index (χ2v) is 6.11. The van der Waals surface area contributed by atoms with E-state index in [0.717, 1.165) is 5.41 Å². The molecule has 0 aliphatic heterocycles. The van der Waals surface area contributed by atoms with E-state index in [2.05, 4.69) is 0 Å². The van der Waals surface area contributed by atoms with Crippen LogP contribution in [0.4, 0.5) is 0 Å². The summed E-state index contributed by atoms with van der Waals surface area (Å²) in [5, 5.41) is 0.929. The maximum absolute atomic E-state index is 11.3. The van der Waals surface area contributed by atoms with Gasteiger partial charge in [0.05, 0.1) is 12.0 Å². The first-order valence-corrected chi connectivity index (χ1v) is 6.34. The van der Waals surface area contributed by atoms with Crippen molar-refractivity contribution in [2.75, 3.05) is 6.61 Å². The van der Waals surface area contributed by atoms with Gasteiger partial charge in [0.2, 0.25) is 0 Å². The van der Waals surface area contributed by atoms with E-state index in [1.165, 1.54) is 25.2 Å². The topological polar surface area (TPSA) is 60.4 Å². The number of hydrogen-bond acceptors (Lipinski definition) is 4. The Bertz CT molecular complexity index is 383. The Kier molecular flexibility index (Phi) is 5.61. The van der Waals surface area contributed by atoms with Crippen LogP contribution in [0.15, 0.2) is 23.6 Å². The Morgan fingerprint density at radius 1 is 1.25 bits per heavy atom. The van der Waals surface area contributed by atoms with Crippen LogP contribution in [0.5, 0.6) is 0 Å². The molecule has 0 heterocycles. The largest absolute Gasteiger partial charge is 0.295 e. The van der Waals surface area contributed by atoms with Crippen molar-refractivity contribution >= 4 is 15.9 Å². The molecule has 0 rings (SSSR count). The molecule has 0 aliphatic rings. The Morgan fingerprint density at radius 3 is 2.25 bits per heavy atom.